The Kier molecular flexibility index (Phi) is 10.5. The molecule has 0 aliphatic rings. The number of thioether (sulfide) groups is 1. The van der Waals surface area contributed by atoms with Crippen molar-refractivity contribution < 1.29 is 9.59 Å². The van der Waals surface area contributed by atoms with Crippen molar-refractivity contribution >= 4 is 23.6 Å². The van der Waals surface area contributed by atoms with E-state index in [1.54, 1.807) is 16.7 Å². The molecule has 5 heteroatoms. The van der Waals surface area contributed by atoms with Gasteiger partial charge in [-0.15, -0.1) is 11.8 Å². The van der Waals surface area contributed by atoms with Crippen LogP contribution < -0.4 is 5.32 Å². The molecule has 0 radical (unpaired) electrons. The highest BCUT2D eigenvalue weighted by Gasteiger charge is 2.25. The normalized spacial score (nSPS) is 11.7. The Morgan fingerprint density at radius 3 is 2.50 bits per heavy atom. The number of hydrogen-bond acceptors (Lipinski definition) is 3. The van der Waals surface area contributed by atoms with E-state index >= 15 is 0 Å². The fourth-order valence-corrected chi connectivity index (χ4v) is 4.10. The summed E-state index contributed by atoms with van der Waals surface area (Å²) in [5.74, 6) is 1.10. The molecule has 4 nitrogen and oxygen atoms in total. The van der Waals surface area contributed by atoms with Gasteiger partial charge in [0, 0.05) is 18.8 Å². The van der Waals surface area contributed by atoms with Gasteiger partial charge in [-0.3, -0.25) is 9.59 Å². The Balaban J connectivity index is 1.97. The number of rotatable bonds is 12. The van der Waals surface area contributed by atoms with E-state index in [1.165, 1.54) is 16.7 Å². The minimum Gasteiger partial charge on any atom is -0.354 e. The molecule has 0 unspecified atom stereocenters. The Labute approximate surface area is 185 Å². The standard InChI is InChI=1S/C25H34N2O2S/c1-4-5-15-26-25(29)21(3)27(16-14-22-11-7-6-8-12-22)24(28)19-30-18-23-13-9-10-20(2)17-23/h6-13,17,21H,4-5,14-16,18-19H2,1-3H3,(H,26,29)/t21-/m0/s1. The van der Waals surface area contributed by atoms with Crippen LogP contribution in [0.1, 0.15) is 43.4 Å². The average Bonchev–Trinajstić information content (AvgIpc) is 2.74. The molecule has 1 atom stereocenters. The van der Waals surface area contributed by atoms with Crippen LogP contribution in [0.3, 0.4) is 0 Å². The smallest absolute Gasteiger partial charge is 0.242 e. The monoisotopic (exact) mass is 426 g/mol. The zero-order chi connectivity index (χ0) is 21.8. The number of nitrogens with one attached hydrogen (secondary N) is 1. The number of carbonyl (C=O) groups is 2. The van der Waals surface area contributed by atoms with Gasteiger partial charge in [0.25, 0.3) is 0 Å². The fraction of sp³-hybridized carbons (Fsp3) is 0.440. The van der Waals surface area contributed by atoms with Crippen molar-refractivity contribution in [2.45, 2.75) is 51.8 Å². The summed E-state index contributed by atoms with van der Waals surface area (Å²) in [7, 11) is 0. The van der Waals surface area contributed by atoms with E-state index in [2.05, 4.69) is 49.5 Å². The van der Waals surface area contributed by atoms with Crippen molar-refractivity contribution in [3.63, 3.8) is 0 Å². The molecule has 0 aliphatic carbocycles. The Bertz CT molecular complexity index is 795. The van der Waals surface area contributed by atoms with Gasteiger partial charge in [0.15, 0.2) is 0 Å². The summed E-state index contributed by atoms with van der Waals surface area (Å²) in [6.45, 7) is 7.19. The molecule has 0 fully saturated rings. The molecular weight excluding hydrogens is 392 g/mol. The maximum atomic E-state index is 13.0. The molecule has 2 aromatic rings. The Hall–Kier alpha value is -2.27. The third-order valence-electron chi connectivity index (χ3n) is 5.06. The molecule has 0 bridgehead atoms. The van der Waals surface area contributed by atoms with Crippen LogP contribution in [0.25, 0.3) is 0 Å². The first-order valence-corrected chi connectivity index (χ1v) is 11.9. The molecule has 0 saturated heterocycles. The van der Waals surface area contributed by atoms with Crippen LogP contribution in [0.4, 0.5) is 0 Å². The van der Waals surface area contributed by atoms with Crippen LogP contribution in [0.2, 0.25) is 0 Å². The average molecular weight is 427 g/mol. The van der Waals surface area contributed by atoms with Crippen molar-refractivity contribution in [2.24, 2.45) is 0 Å². The molecule has 162 valence electrons. The summed E-state index contributed by atoms with van der Waals surface area (Å²) in [6.07, 6.45) is 2.71. The number of hydrogen-bond donors (Lipinski definition) is 1. The summed E-state index contributed by atoms with van der Waals surface area (Å²) in [4.78, 5) is 27.4. The first-order valence-electron chi connectivity index (χ1n) is 10.8. The van der Waals surface area contributed by atoms with Gasteiger partial charge in [-0.05, 0) is 37.8 Å². The van der Waals surface area contributed by atoms with E-state index in [0.717, 1.165) is 25.0 Å². The fourth-order valence-electron chi connectivity index (χ4n) is 3.25. The zero-order valence-corrected chi connectivity index (χ0v) is 19.2. The molecule has 2 amide bonds. The topological polar surface area (TPSA) is 49.4 Å². The van der Waals surface area contributed by atoms with Crippen LogP contribution in [-0.4, -0.2) is 41.6 Å². The second kappa shape index (κ2) is 13.1. The summed E-state index contributed by atoms with van der Waals surface area (Å²) in [5.41, 5.74) is 3.61. The van der Waals surface area contributed by atoms with Crippen molar-refractivity contribution in [1.82, 2.24) is 10.2 Å². The van der Waals surface area contributed by atoms with Gasteiger partial charge in [0.1, 0.15) is 6.04 Å². The summed E-state index contributed by atoms with van der Waals surface area (Å²) in [6, 6.07) is 18.0. The number of carbonyl (C=O) groups excluding carboxylic acids is 2. The van der Waals surface area contributed by atoms with Crippen LogP contribution in [0, 0.1) is 6.92 Å². The molecule has 2 rings (SSSR count). The predicted octanol–water partition coefficient (Wildman–Crippen LogP) is 4.60. The molecule has 0 heterocycles. The molecule has 0 aromatic heterocycles. The first-order chi connectivity index (χ1) is 14.5. The lowest BCUT2D eigenvalue weighted by molar-refractivity contribution is -0.137. The quantitative estimate of drug-likeness (QED) is 0.505. The van der Waals surface area contributed by atoms with Gasteiger partial charge >= 0.3 is 0 Å². The van der Waals surface area contributed by atoms with E-state index in [9.17, 15) is 9.59 Å². The first kappa shape index (κ1) is 24.0. The van der Waals surface area contributed by atoms with Gasteiger partial charge in [-0.2, -0.15) is 0 Å². The molecule has 0 saturated carbocycles. The SMILES string of the molecule is CCCCNC(=O)[C@H](C)N(CCc1ccccc1)C(=O)CSCc1cccc(C)c1. The maximum absolute atomic E-state index is 13.0. The van der Waals surface area contributed by atoms with Crippen molar-refractivity contribution in [3.05, 3.63) is 71.3 Å². The molecule has 0 spiro atoms. The van der Waals surface area contributed by atoms with Gasteiger partial charge in [-0.25, -0.2) is 0 Å². The van der Waals surface area contributed by atoms with E-state index in [-0.39, 0.29) is 11.8 Å². The number of unbranched alkanes of at least 4 members (excludes halogenated alkanes) is 1. The van der Waals surface area contributed by atoms with Crippen LogP contribution in [-0.2, 0) is 21.8 Å². The van der Waals surface area contributed by atoms with Crippen molar-refractivity contribution in [1.29, 1.82) is 0 Å². The van der Waals surface area contributed by atoms with E-state index in [0.29, 0.717) is 18.8 Å². The summed E-state index contributed by atoms with van der Waals surface area (Å²) < 4.78 is 0. The number of nitrogens with zero attached hydrogens (tertiary/aromatic N) is 1. The number of amides is 2. The van der Waals surface area contributed by atoms with Gasteiger partial charge in [0.2, 0.25) is 11.8 Å². The summed E-state index contributed by atoms with van der Waals surface area (Å²) in [5, 5.41) is 2.97. The Morgan fingerprint density at radius 2 is 1.80 bits per heavy atom. The van der Waals surface area contributed by atoms with Crippen molar-refractivity contribution in [2.75, 3.05) is 18.8 Å². The van der Waals surface area contributed by atoms with Crippen LogP contribution in [0.5, 0.6) is 0 Å². The minimum atomic E-state index is -0.474. The minimum absolute atomic E-state index is 0.0155. The highest BCUT2D eigenvalue weighted by atomic mass is 32.2. The second-order valence-electron chi connectivity index (χ2n) is 7.63. The third-order valence-corrected chi connectivity index (χ3v) is 6.05. The lowest BCUT2D eigenvalue weighted by atomic mass is 10.1. The van der Waals surface area contributed by atoms with Crippen LogP contribution >= 0.6 is 11.8 Å². The van der Waals surface area contributed by atoms with Gasteiger partial charge in [0.05, 0.1) is 5.75 Å². The van der Waals surface area contributed by atoms with E-state index in [4.69, 9.17) is 0 Å². The predicted molar refractivity (Wildman–Crippen MR) is 127 cm³/mol. The highest BCUT2D eigenvalue weighted by Crippen LogP contribution is 2.15. The zero-order valence-electron chi connectivity index (χ0n) is 18.4. The van der Waals surface area contributed by atoms with Crippen molar-refractivity contribution in [3.8, 4) is 0 Å². The number of aryl methyl sites for hydroxylation is 1. The lowest BCUT2D eigenvalue weighted by Crippen LogP contribution is -2.49. The van der Waals surface area contributed by atoms with Gasteiger partial charge in [-0.1, -0.05) is 73.5 Å². The largest absolute Gasteiger partial charge is 0.354 e. The summed E-state index contributed by atoms with van der Waals surface area (Å²) >= 11 is 1.60. The molecule has 1 N–H and O–H groups in total. The second-order valence-corrected chi connectivity index (χ2v) is 8.61. The van der Waals surface area contributed by atoms with Crippen LogP contribution in [0.15, 0.2) is 54.6 Å². The third kappa shape index (κ3) is 8.23. The maximum Gasteiger partial charge on any atom is 0.242 e. The number of benzene rings is 2. The highest BCUT2D eigenvalue weighted by molar-refractivity contribution is 7.99. The van der Waals surface area contributed by atoms with Gasteiger partial charge < -0.3 is 10.2 Å². The molecule has 0 aliphatic heterocycles. The van der Waals surface area contributed by atoms with E-state index < -0.39 is 6.04 Å². The lowest BCUT2D eigenvalue weighted by Gasteiger charge is -2.28. The molecule has 30 heavy (non-hydrogen) atoms. The Morgan fingerprint density at radius 1 is 1.07 bits per heavy atom. The van der Waals surface area contributed by atoms with E-state index in [1.807, 2.05) is 31.2 Å². The molecular formula is C25H34N2O2S. The molecule has 2 aromatic carbocycles.